The molecule has 0 saturated heterocycles. The molecule has 0 amide bonds. The molecule has 2 nitrogen and oxygen atoms in total. The van der Waals surface area contributed by atoms with Crippen LogP contribution in [-0.4, -0.2) is 18.6 Å². The summed E-state index contributed by atoms with van der Waals surface area (Å²) in [7, 11) is 0. The Morgan fingerprint density at radius 1 is 0.952 bits per heavy atom. The third kappa shape index (κ3) is 4.01. The minimum absolute atomic E-state index is 0.256. The Bertz CT molecular complexity index is 320. The predicted molar refractivity (Wildman–Crippen MR) is 90.1 cm³/mol. The Kier molecular flexibility index (Phi) is 4.95. The molecule has 2 atom stereocenters. The maximum Gasteiger partial charge on any atom is 0.0304 e. The Morgan fingerprint density at radius 3 is 2.14 bits per heavy atom. The van der Waals surface area contributed by atoms with Crippen LogP contribution in [0, 0.1) is 29.6 Å². The first-order valence-electron chi connectivity index (χ1n) is 9.58. The largest absolute Gasteiger partial charge is 0.329 e. The zero-order valence-corrected chi connectivity index (χ0v) is 14.2. The van der Waals surface area contributed by atoms with E-state index in [1.807, 2.05) is 0 Å². The van der Waals surface area contributed by atoms with Crippen molar-refractivity contribution in [3.05, 3.63) is 0 Å². The standard InChI is InChI=1S/C19H36N2/c1-14(2)15-4-3-10-19(13-20,11-9-15)21-12-18(16-5-6-16)17-7-8-17/h14-18,21H,3-13,20H2,1-2H3. The molecule has 0 aliphatic heterocycles. The highest BCUT2D eigenvalue weighted by Gasteiger charge is 2.42. The summed E-state index contributed by atoms with van der Waals surface area (Å²) in [6, 6.07) is 0. The van der Waals surface area contributed by atoms with E-state index in [0.717, 1.165) is 36.1 Å². The third-order valence-corrected chi connectivity index (χ3v) is 6.73. The lowest BCUT2D eigenvalue weighted by molar-refractivity contribution is 0.246. The molecule has 0 aromatic carbocycles. The molecule has 0 bridgehead atoms. The topological polar surface area (TPSA) is 38.0 Å². The molecule has 3 saturated carbocycles. The lowest BCUT2D eigenvalue weighted by Gasteiger charge is -2.35. The number of nitrogens with two attached hydrogens (primary N) is 1. The molecule has 3 aliphatic carbocycles. The second kappa shape index (κ2) is 6.58. The minimum atomic E-state index is 0.256. The fourth-order valence-corrected chi connectivity index (χ4v) is 4.65. The van der Waals surface area contributed by atoms with Gasteiger partial charge in [-0.3, -0.25) is 0 Å². The van der Waals surface area contributed by atoms with Gasteiger partial charge in [-0.15, -0.1) is 0 Å². The van der Waals surface area contributed by atoms with E-state index in [-0.39, 0.29) is 5.54 Å². The molecule has 0 heterocycles. The second-order valence-corrected chi connectivity index (χ2v) is 8.64. The van der Waals surface area contributed by atoms with Gasteiger partial charge in [0.25, 0.3) is 0 Å². The van der Waals surface area contributed by atoms with Crippen molar-refractivity contribution in [2.24, 2.45) is 35.3 Å². The Balaban J connectivity index is 1.55. The fourth-order valence-electron chi connectivity index (χ4n) is 4.65. The van der Waals surface area contributed by atoms with Crippen LogP contribution in [0.15, 0.2) is 0 Å². The van der Waals surface area contributed by atoms with Crippen molar-refractivity contribution >= 4 is 0 Å². The van der Waals surface area contributed by atoms with Crippen LogP contribution in [-0.2, 0) is 0 Å². The van der Waals surface area contributed by atoms with Gasteiger partial charge in [-0.05, 0) is 81.1 Å². The lowest BCUT2D eigenvalue weighted by atomic mass is 9.86. The quantitative estimate of drug-likeness (QED) is 0.697. The molecule has 3 N–H and O–H groups in total. The molecule has 3 fully saturated rings. The van der Waals surface area contributed by atoms with E-state index in [1.54, 1.807) is 0 Å². The first-order valence-corrected chi connectivity index (χ1v) is 9.58. The molecule has 2 unspecified atom stereocenters. The highest BCUT2D eigenvalue weighted by atomic mass is 15.0. The molecule has 122 valence electrons. The van der Waals surface area contributed by atoms with Crippen molar-refractivity contribution in [2.45, 2.75) is 77.2 Å². The molecule has 21 heavy (non-hydrogen) atoms. The maximum absolute atomic E-state index is 6.24. The van der Waals surface area contributed by atoms with E-state index in [4.69, 9.17) is 5.73 Å². The van der Waals surface area contributed by atoms with E-state index in [0.29, 0.717) is 0 Å². The van der Waals surface area contributed by atoms with Crippen molar-refractivity contribution in [2.75, 3.05) is 13.1 Å². The van der Waals surface area contributed by atoms with E-state index in [1.165, 1.54) is 64.3 Å². The molecule has 0 aromatic rings. The summed E-state index contributed by atoms with van der Waals surface area (Å²) in [5, 5.41) is 4.00. The number of hydrogen-bond acceptors (Lipinski definition) is 2. The lowest BCUT2D eigenvalue weighted by Crippen LogP contribution is -2.52. The summed E-state index contributed by atoms with van der Waals surface area (Å²) in [6.07, 6.45) is 12.7. The van der Waals surface area contributed by atoms with Gasteiger partial charge >= 0.3 is 0 Å². The molecular formula is C19H36N2. The van der Waals surface area contributed by atoms with E-state index in [2.05, 4.69) is 19.2 Å². The average Bonchev–Trinajstić information content (AvgIpc) is 3.33. The molecule has 0 aromatic heterocycles. The van der Waals surface area contributed by atoms with Gasteiger partial charge in [-0.25, -0.2) is 0 Å². The second-order valence-electron chi connectivity index (χ2n) is 8.64. The maximum atomic E-state index is 6.24. The van der Waals surface area contributed by atoms with Crippen LogP contribution in [0.3, 0.4) is 0 Å². The van der Waals surface area contributed by atoms with Crippen LogP contribution in [0.1, 0.15) is 71.6 Å². The summed E-state index contributed by atoms with van der Waals surface area (Å²) < 4.78 is 0. The van der Waals surface area contributed by atoms with Crippen molar-refractivity contribution in [1.29, 1.82) is 0 Å². The predicted octanol–water partition coefficient (Wildman–Crippen LogP) is 3.95. The van der Waals surface area contributed by atoms with E-state index < -0.39 is 0 Å². The van der Waals surface area contributed by atoms with Crippen LogP contribution in [0.25, 0.3) is 0 Å². The highest BCUT2D eigenvalue weighted by molar-refractivity contribution is 4.97. The third-order valence-electron chi connectivity index (χ3n) is 6.73. The molecule has 3 rings (SSSR count). The van der Waals surface area contributed by atoms with Gasteiger partial charge in [-0.2, -0.15) is 0 Å². The first kappa shape index (κ1) is 15.8. The minimum Gasteiger partial charge on any atom is -0.329 e. The summed E-state index contributed by atoms with van der Waals surface area (Å²) in [5.74, 6) is 4.83. The van der Waals surface area contributed by atoms with Crippen molar-refractivity contribution in [3.63, 3.8) is 0 Å². The number of rotatable bonds is 7. The molecular weight excluding hydrogens is 256 g/mol. The van der Waals surface area contributed by atoms with Crippen molar-refractivity contribution < 1.29 is 0 Å². The molecule has 0 spiro atoms. The normalized spacial score (nSPS) is 34.4. The number of hydrogen-bond donors (Lipinski definition) is 2. The van der Waals surface area contributed by atoms with Crippen molar-refractivity contribution in [1.82, 2.24) is 5.32 Å². The molecule has 0 radical (unpaired) electrons. The summed E-state index contributed by atoms with van der Waals surface area (Å²) in [4.78, 5) is 0. The van der Waals surface area contributed by atoms with Gasteiger partial charge in [0.05, 0.1) is 0 Å². The summed E-state index contributed by atoms with van der Waals surface area (Å²) in [5.41, 5.74) is 6.49. The Labute approximate surface area is 131 Å². The van der Waals surface area contributed by atoms with Crippen molar-refractivity contribution in [3.8, 4) is 0 Å². The van der Waals surface area contributed by atoms with Crippen LogP contribution in [0.5, 0.6) is 0 Å². The van der Waals surface area contributed by atoms with Crippen LogP contribution < -0.4 is 11.1 Å². The van der Waals surface area contributed by atoms with E-state index >= 15 is 0 Å². The van der Waals surface area contributed by atoms with Crippen LogP contribution >= 0.6 is 0 Å². The smallest absolute Gasteiger partial charge is 0.0304 e. The number of nitrogens with one attached hydrogen (secondary N) is 1. The monoisotopic (exact) mass is 292 g/mol. The SMILES string of the molecule is CC(C)C1CCCC(CN)(NCC(C2CC2)C2CC2)CC1. The van der Waals surface area contributed by atoms with Gasteiger partial charge in [0.2, 0.25) is 0 Å². The summed E-state index contributed by atoms with van der Waals surface area (Å²) in [6.45, 7) is 6.87. The van der Waals surface area contributed by atoms with Crippen LogP contribution in [0.2, 0.25) is 0 Å². The zero-order chi connectivity index (χ0) is 14.9. The Hall–Kier alpha value is -0.0800. The average molecular weight is 293 g/mol. The molecule has 2 heteroatoms. The zero-order valence-electron chi connectivity index (χ0n) is 14.2. The summed E-state index contributed by atoms with van der Waals surface area (Å²) >= 11 is 0. The van der Waals surface area contributed by atoms with Gasteiger partial charge in [0, 0.05) is 12.1 Å². The van der Waals surface area contributed by atoms with E-state index in [9.17, 15) is 0 Å². The molecule has 3 aliphatic rings. The van der Waals surface area contributed by atoms with Gasteiger partial charge in [0.15, 0.2) is 0 Å². The van der Waals surface area contributed by atoms with Crippen LogP contribution in [0.4, 0.5) is 0 Å². The van der Waals surface area contributed by atoms with Gasteiger partial charge in [-0.1, -0.05) is 26.7 Å². The fraction of sp³-hybridized carbons (Fsp3) is 1.00. The highest BCUT2D eigenvalue weighted by Crippen LogP contribution is 2.49. The first-order chi connectivity index (χ1) is 10.1. The van der Waals surface area contributed by atoms with Gasteiger partial charge in [0.1, 0.15) is 0 Å². The van der Waals surface area contributed by atoms with Gasteiger partial charge < -0.3 is 11.1 Å². The Morgan fingerprint density at radius 2 is 1.62 bits per heavy atom.